The van der Waals surface area contributed by atoms with E-state index in [2.05, 4.69) is 10.4 Å². The second kappa shape index (κ2) is 11.0. The second-order valence-corrected chi connectivity index (χ2v) is 8.16. The van der Waals surface area contributed by atoms with Gasteiger partial charge in [0.1, 0.15) is 23.4 Å². The molecule has 0 spiro atoms. The zero-order valence-corrected chi connectivity index (χ0v) is 19.6. The molecule has 35 heavy (non-hydrogen) atoms. The van der Waals surface area contributed by atoms with E-state index < -0.39 is 6.10 Å². The van der Waals surface area contributed by atoms with Crippen molar-refractivity contribution in [2.45, 2.75) is 13.0 Å². The van der Waals surface area contributed by atoms with Crippen LogP contribution in [0.15, 0.2) is 54.7 Å². The van der Waals surface area contributed by atoms with Gasteiger partial charge in [-0.25, -0.2) is 0 Å². The van der Waals surface area contributed by atoms with Crippen molar-refractivity contribution in [2.24, 2.45) is 7.05 Å². The van der Waals surface area contributed by atoms with E-state index in [1.54, 1.807) is 78.3 Å². The van der Waals surface area contributed by atoms with Crippen LogP contribution in [-0.2, 0) is 11.8 Å². The largest absolute Gasteiger partial charge is 0.488 e. The fourth-order valence-electron chi connectivity index (χ4n) is 3.52. The van der Waals surface area contributed by atoms with Gasteiger partial charge >= 0.3 is 0 Å². The normalized spacial score (nSPS) is 14.3. The number of nitrogens with zero attached hydrogens (tertiary/aromatic N) is 3. The van der Waals surface area contributed by atoms with Crippen LogP contribution in [-0.4, -0.2) is 70.6 Å². The lowest BCUT2D eigenvalue weighted by atomic mass is 10.1. The molecule has 2 heterocycles. The van der Waals surface area contributed by atoms with Gasteiger partial charge < -0.3 is 29.5 Å². The number of hydrogen-bond acceptors (Lipinski definition) is 7. The molecule has 0 radical (unpaired) electrons. The Morgan fingerprint density at radius 3 is 2.43 bits per heavy atom. The number of amides is 2. The highest BCUT2D eigenvalue weighted by molar-refractivity contribution is 6.04. The SMILES string of the molecule is C[C@@H](CO)Oc1cc(Oc2ccc(C(=O)N3CCOCC3)cc2)cc(C(=O)Nc2ccn(C)n2)c1. The monoisotopic (exact) mass is 480 g/mol. The van der Waals surface area contributed by atoms with Crippen LogP contribution >= 0.6 is 0 Å². The third-order valence-corrected chi connectivity index (χ3v) is 5.33. The number of ether oxygens (including phenoxy) is 3. The molecule has 2 aromatic carbocycles. The molecule has 2 amide bonds. The van der Waals surface area contributed by atoms with Crippen LogP contribution in [0.4, 0.5) is 5.82 Å². The van der Waals surface area contributed by atoms with Gasteiger partial charge in [-0.3, -0.25) is 14.3 Å². The van der Waals surface area contributed by atoms with E-state index in [0.717, 1.165) is 0 Å². The number of nitrogens with one attached hydrogen (secondary N) is 1. The van der Waals surface area contributed by atoms with E-state index in [-0.39, 0.29) is 18.4 Å². The Labute approximate surface area is 203 Å². The number of carbonyl (C=O) groups excluding carboxylic acids is 2. The highest BCUT2D eigenvalue weighted by Gasteiger charge is 2.19. The van der Waals surface area contributed by atoms with Crippen molar-refractivity contribution >= 4 is 17.6 Å². The quantitative estimate of drug-likeness (QED) is 0.509. The summed E-state index contributed by atoms with van der Waals surface area (Å²) < 4.78 is 18.6. The minimum Gasteiger partial charge on any atom is -0.488 e. The van der Waals surface area contributed by atoms with E-state index in [9.17, 15) is 14.7 Å². The number of rotatable bonds is 8. The van der Waals surface area contributed by atoms with Crippen molar-refractivity contribution in [2.75, 3.05) is 38.2 Å². The Balaban J connectivity index is 1.52. The predicted molar refractivity (Wildman–Crippen MR) is 128 cm³/mol. The molecule has 1 fully saturated rings. The van der Waals surface area contributed by atoms with Crippen LogP contribution in [0.5, 0.6) is 17.2 Å². The van der Waals surface area contributed by atoms with Crippen LogP contribution in [0.2, 0.25) is 0 Å². The molecule has 0 aliphatic carbocycles. The number of morpholine rings is 1. The summed E-state index contributed by atoms with van der Waals surface area (Å²) in [7, 11) is 1.76. The van der Waals surface area contributed by atoms with Crippen LogP contribution in [0.25, 0.3) is 0 Å². The maximum Gasteiger partial charge on any atom is 0.257 e. The number of hydrogen-bond donors (Lipinski definition) is 2. The van der Waals surface area contributed by atoms with Crippen molar-refractivity contribution in [1.82, 2.24) is 14.7 Å². The first-order valence-electron chi connectivity index (χ1n) is 11.3. The van der Waals surface area contributed by atoms with Crippen molar-refractivity contribution in [1.29, 1.82) is 0 Å². The van der Waals surface area contributed by atoms with Crippen LogP contribution in [0.3, 0.4) is 0 Å². The third-order valence-electron chi connectivity index (χ3n) is 5.33. The molecule has 0 bridgehead atoms. The van der Waals surface area contributed by atoms with Gasteiger partial charge in [-0.1, -0.05) is 0 Å². The van der Waals surface area contributed by atoms with E-state index in [1.165, 1.54) is 0 Å². The van der Waals surface area contributed by atoms with E-state index in [1.807, 2.05) is 0 Å². The van der Waals surface area contributed by atoms with Gasteiger partial charge in [-0.15, -0.1) is 0 Å². The third kappa shape index (κ3) is 6.37. The van der Waals surface area contributed by atoms with Gasteiger partial charge in [0.05, 0.1) is 19.8 Å². The van der Waals surface area contributed by atoms with Gasteiger partial charge in [0, 0.05) is 49.6 Å². The number of benzene rings is 2. The summed E-state index contributed by atoms with van der Waals surface area (Å²) >= 11 is 0. The van der Waals surface area contributed by atoms with E-state index >= 15 is 0 Å². The number of aliphatic hydroxyl groups is 1. The molecular weight excluding hydrogens is 452 g/mol. The summed E-state index contributed by atoms with van der Waals surface area (Å²) in [6.07, 6.45) is 1.25. The molecule has 1 atom stereocenters. The van der Waals surface area contributed by atoms with Gasteiger partial charge in [0.25, 0.3) is 11.8 Å². The lowest BCUT2D eigenvalue weighted by molar-refractivity contribution is 0.0303. The summed E-state index contributed by atoms with van der Waals surface area (Å²) in [5.41, 5.74) is 0.857. The zero-order valence-electron chi connectivity index (χ0n) is 19.6. The summed E-state index contributed by atoms with van der Waals surface area (Å²) in [6.45, 7) is 3.75. The predicted octanol–water partition coefficient (Wildman–Crippen LogP) is 2.70. The maximum absolute atomic E-state index is 12.8. The lowest BCUT2D eigenvalue weighted by Crippen LogP contribution is -2.40. The Morgan fingerprint density at radius 1 is 1.06 bits per heavy atom. The Hall–Kier alpha value is -3.89. The van der Waals surface area contributed by atoms with Gasteiger partial charge in [-0.2, -0.15) is 5.10 Å². The molecule has 2 N–H and O–H groups in total. The molecule has 1 aromatic heterocycles. The van der Waals surface area contributed by atoms with Crippen LogP contribution in [0.1, 0.15) is 27.6 Å². The maximum atomic E-state index is 12.8. The van der Waals surface area contributed by atoms with Crippen molar-refractivity contribution in [3.8, 4) is 17.2 Å². The minimum atomic E-state index is -0.470. The first kappa shape index (κ1) is 24.2. The lowest BCUT2D eigenvalue weighted by Gasteiger charge is -2.26. The van der Waals surface area contributed by atoms with Gasteiger partial charge in [0.2, 0.25) is 0 Å². The highest BCUT2D eigenvalue weighted by Crippen LogP contribution is 2.29. The number of anilines is 1. The first-order chi connectivity index (χ1) is 16.9. The standard InChI is InChI=1S/C25H28N4O6/c1-17(16-30)34-21-13-19(24(31)26-23-7-8-28(2)27-23)14-22(15-21)35-20-5-3-18(4-6-20)25(32)29-9-11-33-12-10-29/h3-8,13-15,17,30H,9-12,16H2,1-2H3,(H,26,27,31)/t17-/m0/s1. The second-order valence-electron chi connectivity index (χ2n) is 8.16. The molecule has 4 rings (SSSR count). The molecule has 10 heteroatoms. The smallest absolute Gasteiger partial charge is 0.257 e. The summed E-state index contributed by atoms with van der Waals surface area (Å²) in [6, 6.07) is 13.3. The summed E-state index contributed by atoms with van der Waals surface area (Å²) in [5.74, 6) is 1.20. The van der Waals surface area contributed by atoms with E-state index in [0.29, 0.717) is 60.5 Å². The van der Waals surface area contributed by atoms with Crippen LogP contribution in [0, 0.1) is 0 Å². The fourth-order valence-corrected chi connectivity index (χ4v) is 3.52. The first-order valence-corrected chi connectivity index (χ1v) is 11.3. The average Bonchev–Trinajstić information content (AvgIpc) is 3.28. The summed E-state index contributed by atoms with van der Waals surface area (Å²) in [4.78, 5) is 27.3. The zero-order chi connectivity index (χ0) is 24.8. The number of aryl methyl sites for hydroxylation is 1. The Morgan fingerprint density at radius 2 is 1.77 bits per heavy atom. The highest BCUT2D eigenvalue weighted by atomic mass is 16.5. The van der Waals surface area contributed by atoms with Crippen molar-refractivity contribution < 1.29 is 28.9 Å². The molecule has 10 nitrogen and oxygen atoms in total. The van der Waals surface area contributed by atoms with Crippen molar-refractivity contribution in [3.05, 3.63) is 65.9 Å². The average molecular weight is 481 g/mol. The fraction of sp³-hybridized carbons (Fsp3) is 0.320. The molecule has 184 valence electrons. The molecule has 1 saturated heterocycles. The Kier molecular flexibility index (Phi) is 7.64. The minimum absolute atomic E-state index is 0.0540. The van der Waals surface area contributed by atoms with Gasteiger partial charge in [0.15, 0.2) is 5.82 Å². The topological polar surface area (TPSA) is 115 Å². The molecule has 3 aromatic rings. The summed E-state index contributed by atoms with van der Waals surface area (Å²) in [5, 5.41) is 16.2. The van der Waals surface area contributed by atoms with Crippen molar-refractivity contribution in [3.63, 3.8) is 0 Å². The van der Waals surface area contributed by atoms with Gasteiger partial charge in [-0.05, 0) is 43.3 Å². The number of aliphatic hydroxyl groups excluding tert-OH is 1. The number of aromatic nitrogens is 2. The van der Waals surface area contributed by atoms with Crippen LogP contribution < -0.4 is 14.8 Å². The molecule has 0 saturated carbocycles. The Bertz CT molecular complexity index is 1170. The van der Waals surface area contributed by atoms with E-state index in [4.69, 9.17) is 14.2 Å². The molecule has 0 unspecified atom stereocenters. The molecule has 1 aliphatic heterocycles. The molecular formula is C25H28N4O6. The molecule has 1 aliphatic rings. The number of carbonyl (C=O) groups is 2.